The second-order valence-electron chi connectivity index (χ2n) is 7.34. The Morgan fingerprint density at radius 3 is 2.74 bits per heavy atom. The number of hydrogen-bond donors (Lipinski definition) is 1. The summed E-state index contributed by atoms with van der Waals surface area (Å²) in [6.45, 7) is 10.2. The van der Waals surface area contributed by atoms with E-state index in [-0.39, 0.29) is 5.91 Å². The molecule has 0 radical (unpaired) electrons. The Morgan fingerprint density at radius 2 is 2.00 bits per heavy atom. The molecule has 2 aliphatic heterocycles. The molecule has 1 amide bonds. The lowest BCUT2D eigenvalue weighted by molar-refractivity contribution is 0.0204. The van der Waals surface area contributed by atoms with Gasteiger partial charge in [0.2, 0.25) is 0 Å². The van der Waals surface area contributed by atoms with Gasteiger partial charge >= 0.3 is 0 Å². The monoisotopic (exact) mass is 389 g/mol. The third-order valence-corrected chi connectivity index (χ3v) is 6.74. The molecule has 8 heteroatoms. The quantitative estimate of drug-likeness (QED) is 0.844. The third-order valence-electron chi connectivity index (χ3n) is 5.55. The number of thiophene rings is 1. The molecule has 0 aromatic carbocycles. The van der Waals surface area contributed by atoms with Crippen LogP contribution in [-0.2, 0) is 4.74 Å². The van der Waals surface area contributed by atoms with E-state index in [1.165, 1.54) is 24.2 Å². The molecular weight excluding hydrogens is 362 g/mol. The van der Waals surface area contributed by atoms with Crippen molar-refractivity contribution in [2.45, 2.75) is 32.7 Å². The summed E-state index contributed by atoms with van der Waals surface area (Å²) >= 11 is 1.47. The second kappa shape index (κ2) is 8.08. The molecule has 1 atom stereocenters. The molecule has 2 aliphatic rings. The highest BCUT2D eigenvalue weighted by Crippen LogP contribution is 2.35. The third kappa shape index (κ3) is 3.79. The van der Waals surface area contributed by atoms with E-state index in [2.05, 4.69) is 32.0 Å². The topological polar surface area (TPSA) is 70.6 Å². The van der Waals surface area contributed by atoms with E-state index in [9.17, 15) is 4.79 Å². The zero-order chi connectivity index (χ0) is 18.8. The number of hydrogen-bond acceptors (Lipinski definition) is 7. The number of aromatic nitrogens is 2. The van der Waals surface area contributed by atoms with Gasteiger partial charge in [-0.25, -0.2) is 9.97 Å². The number of ether oxygens (including phenoxy) is 1. The lowest BCUT2D eigenvalue weighted by Gasteiger charge is -2.32. The summed E-state index contributed by atoms with van der Waals surface area (Å²) in [5, 5.41) is 4.15. The molecule has 0 unspecified atom stereocenters. The highest BCUT2D eigenvalue weighted by Gasteiger charge is 2.24. The maximum atomic E-state index is 12.8. The van der Waals surface area contributed by atoms with Crippen molar-refractivity contribution in [2.24, 2.45) is 0 Å². The lowest BCUT2D eigenvalue weighted by atomic mass is 10.2. The van der Waals surface area contributed by atoms with E-state index >= 15 is 0 Å². The second-order valence-corrected chi connectivity index (χ2v) is 8.33. The number of amides is 1. The average Bonchev–Trinajstić information content (AvgIpc) is 3.35. The van der Waals surface area contributed by atoms with Gasteiger partial charge in [-0.3, -0.25) is 9.69 Å². The first-order valence-electron chi connectivity index (χ1n) is 9.74. The molecule has 0 bridgehead atoms. The van der Waals surface area contributed by atoms with Gasteiger partial charge in [-0.15, -0.1) is 11.3 Å². The Labute approximate surface area is 163 Å². The maximum absolute atomic E-state index is 12.8. The molecule has 0 spiro atoms. The van der Waals surface area contributed by atoms with Gasteiger partial charge in [0, 0.05) is 38.8 Å². The van der Waals surface area contributed by atoms with Crippen molar-refractivity contribution >= 4 is 33.3 Å². The molecule has 2 aromatic rings. The van der Waals surface area contributed by atoms with Crippen LogP contribution in [-0.4, -0.2) is 72.8 Å². The van der Waals surface area contributed by atoms with E-state index in [1.54, 1.807) is 6.33 Å². The number of nitrogens with one attached hydrogen (secondary N) is 1. The number of carbonyl (C=O) groups is 1. The van der Waals surface area contributed by atoms with Crippen molar-refractivity contribution in [1.82, 2.24) is 20.2 Å². The van der Waals surface area contributed by atoms with E-state index in [1.807, 2.05) is 6.92 Å². The van der Waals surface area contributed by atoms with Crippen LogP contribution in [0.1, 0.15) is 35.0 Å². The highest BCUT2D eigenvalue weighted by molar-refractivity contribution is 7.20. The lowest BCUT2D eigenvalue weighted by Crippen LogP contribution is -2.47. The molecule has 4 heterocycles. The molecule has 0 aliphatic carbocycles. The number of anilines is 1. The maximum Gasteiger partial charge on any atom is 0.261 e. The van der Waals surface area contributed by atoms with E-state index in [4.69, 9.17) is 4.74 Å². The fourth-order valence-electron chi connectivity index (χ4n) is 3.91. The van der Waals surface area contributed by atoms with E-state index in [0.717, 1.165) is 65.9 Å². The van der Waals surface area contributed by atoms with Gasteiger partial charge in [0.05, 0.1) is 23.5 Å². The van der Waals surface area contributed by atoms with Gasteiger partial charge in [0.25, 0.3) is 5.91 Å². The number of nitrogens with zero attached hydrogens (tertiary/aromatic N) is 4. The van der Waals surface area contributed by atoms with Crippen LogP contribution < -0.4 is 10.2 Å². The van der Waals surface area contributed by atoms with Crippen molar-refractivity contribution in [3.63, 3.8) is 0 Å². The SMILES string of the molecule is Cc1c(C(=O)NC[C@H](C)N2CCOCC2)sc2ncnc(N3CCCC3)c12. The van der Waals surface area contributed by atoms with Gasteiger partial charge in [0.15, 0.2) is 0 Å². The molecule has 7 nitrogen and oxygen atoms in total. The van der Waals surface area contributed by atoms with Crippen LogP contribution in [0.15, 0.2) is 6.33 Å². The Kier molecular flexibility index (Phi) is 5.56. The van der Waals surface area contributed by atoms with Gasteiger partial charge in [-0.05, 0) is 32.3 Å². The summed E-state index contributed by atoms with van der Waals surface area (Å²) in [5.74, 6) is 0.968. The number of fused-ring (bicyclic) bond motifs is 1. The summed E-state index contributed by atoms with van der Waals surface area (Å²) in [7, 11) is 0. The normalized spacial score (nSPS) is 19.6. The van der Waals surface area contributed by atoms with Gasteiger partial charge in [-0.1, -0.05) is 0 Å². The molecule has 0 saturated carbocycles. The van der Waals surface area contributed by atoms with Gasteiger partial charge in [0.1, 0.15) is 17.0 Å². The Morgan fingerprint density at radius 1 is 1.26 bits per heavy atom. The molecule has 2 saturated heterocycles. The van der Waals surface area contributed by atoms with Gasteiger partial charge in [-0.2, -0.15) is 0 Å². The van der Waals surface area contributed by atoms with Gasteiger partial charge < -0.3 is 15.0 Å². The van der Waals surface area contributed by atoms with E-state index in [0.29, 0.717) is 12.6 Å². The predicted molar refractivity (Wildman–Crippen MR) is 108 cm³/mol. The molecule has 1 N–H and O–H groups in total. The minimum atomic E-state index is -0.0111. The molecular formula is C19H27N5O2S. The zero-order valence-electron chi connectivity index (χ0n) is 16.0. The van der Waals surface area contributed by atoms with Crippen molar-refractivity contribution < 1.29 is 9.53 Å². The van der Waals surface area contributed by atoms with Crippen molar-refractivity contribution in [3.8, 4) is 0 Å². The zero-order valence-corrected chi connectivity index (χ0v) is 16.8. The minimum absolute atomic E-state index is 0.0111. The smallest absolute Gasteiger partial charge is 0.261 e. The molecule has 2 fully saturated rings. The minimum Gasteiger partial charge on any atom is -0.379 e. The highest BCUT2D eigenvalue weighted by atomic mass is 32.1. The summed E-state index contributed by atoms with van der Waals surface area (Å²) in [5.41, 5.74) is 0.994. The summed E-state index contributed by atoms with van der Waals surface area (Å²) < 4.78 is 5.40. The molecule has 27 heavy (non-hydrogen) atoms. The van der Waals surface area contributed by atoms with E-state index < -0.39 is 0 Å². The average molecular weight is 390 g/mol. The predicted octanol–water partition coefficient (Wildman–Crippen LogP) is 2.05. The van der Waals surface area contributed by atoms with Crippen molar-refractivity contribution in [1.29, 1.82) is 0 Å². The van der Waals surface area contributed by atoms with Crippen LogP contribution >= 0.6 is 11.3 Å². The number of rotatable bonds is 5. The van der Waals surface area contributed by atoms with Crippen molar-refractivity contribution in [3.05, 3.63) is 16.8 Å². The number of carbonyl (C=O) groups excluding carboxylic acids is 1. The Bertz CT molecular complexity index is 812. The van der Waals surface area contributed by atoms with Crippen LogP contribution in [0.25, 0.3) is 10.2 Å². The fraction of sp³-hybridized carbons (Fsp3) is 0.632. The van der Waals surface area contributed by atoms with Crippen LogP contribution in [0.4, 0.5) is 5.82 Å². The number of aryl methyl sites for hydroxylation is 1. The molecule has 4 rings (SSSR count). The Balaban J connectivity index is 1.50. The van der Waals surface area contributed by atoms with Crippen molar-refractivity contribution in [2.75, 3.05) is 50.8 Å². The first kappa shape index (κ1) is 18.6. The first-order valence-corrected chi connectivity index (χ1v) is 10.6. The Hall–Kier alpha value is -1.77. The summed E-state index contributed by atoms with van der Waals surface area (Å²) in [6.07, 6.45) is 4.01. The standard InChI is InChI=1S/C19H27N5O2S/c1-13(23-7-9-26-10-8-23)11-20-18(25)16-14(2)15-17(24-5-3-4-6-24)21-12-22-19(15)27-16/h12-13H,3-11H2,1-2H3,(H,20,25)/t13-/m0/s1. The number of morpholine rings is 1. The van der Waals surface area contributed by atoms with Crippen LogP contribution in [0.2, 0.25) is 0 Å². The van der Waals surface area contributed by atoms with Crippen LogP contribution in [0.5, 0.6) is 0 Å². The fourth-order valence-corrected chi connectivity index (χ4v) is 4.97. The first-order chi connectivity index (χ1) is 13.1. The molecule has 146 valence electrons. The summed E-state index contributed by atoms with van der Waals surface area (Å²) in [6, 6.07) is 0.299. The van der Waals surface area contributed by atoms with Crippen LogP contribution in [0, 0.1) is 6.92 Å². The largest absolute Gasteiger partial charge is 0.379 e. The molecule has 2 aromatic heterocycles. The van der Waals surface area contributed by atoms with Crippen LogP contribution in [0.3, 0.4) is 0 Å². The summed E-state index contributed by atoms with van der Waals surface area (Å²) in [4.78, 5) is 28.1.